The highest BCUT2D eigenvalue weighted by molar-refractivity contribution is 5.64. The molecule has 67 heavy (non-hydrogen) atoms. The molecular weight excluding hydrogens is 825 g/mol. The first kappa shape index (κ1) is 56.5. The van der Waals surface area contributed by atoms with E-state index in [-0.39, 0.29) is 6.10 Å². The minimum Gasteiger partial charge on any atom is -0.392 e. The molecule has 0 spiro atoms. The van der Waals surface area contributed by atoms with Crippen molar-refractivity contribution in [2.75, 3.05) is 38.2 Å². The molecule has 8 nitrogen and oxygen atoms in total. The fourth-order valence-corrected chi connectivity index (χ4v) is 10.1. The number of aliphatic hydroxyl groups excluding tert-OH is 1. The lowest BCUT2D eigenvalue weighted by Crippen LogP contribution is -2.44. The molecule has 6 heterocycles. The summed E-state index contributed by atoms with van der Waals surface area (Å²) in [6.45, 7) is 35.9. The SMILES string of the molecule is C=C1Nc2ccccc2C1C(C)C.CC(C)[C@@H]1CCCN1.CC(C)[C@@H]1CC[C@H](c2ccccc2)N1.CC(C)[C@@H]1C[C@@H](O)CN1.CC(C)[C@H]1CC[C@@H](c2ccccc2)N1.CC(C)[C@H]1COCCN1. The van der Waals surface area contributed by atoms with Crippen molar-refractivity contribution in [2.45, 2.75) is 182 Å². The number of β-amino-alcohol motifs (C(OH)–C–C–N with tert-alkyl or cyclic N) is 1. The van der Waals surface area contributed by atoms with Gasteiger partial charge in [-0.3, -0.25) is 0 Å². The maximum Gasteiger partial charge on any atom is 0.0679 e. The summed E-state index contributed by atoms with van der Waals surface area (Å²) >= 11 is 0. The minimum absolute atomic E-state index is 0.0996. The number of rotatable bonds is 8. The van der Waals surface area contributed by atoms with Crippen LogP contribution in [-0.4, -0.2) is 74.3 Å². The zero-order chi connectivity index (χ0) is 48.9. The monoisotopic (exact) mass is 923 g/mol. The molecule has 0 aliphatic carbocycles. The predicted molar refractivity (Wildman–Crippen MR) is 288 cm³/mol. The van der Waals surface area contributed by atoms with E-state index in [0.29, 0.717) is 59.9 Å². The lowest BCUT2D eigenvalue weighted by atomic mass is 9.88. The van der Waals surface area contributed by atoms with Crippen LogP contribution in [0.2, 0.25) is 0 Å². The van der Waals surface area contributed by atoms with Crippen LogP contribution in [0.15, 0.2) is 97.2 Å². The van der Waals surface area contributed by atoms with Crippen LogP contribution in [0.25, 0.3) is 0 Å². The lowest BCUT2D eigenvalue weighted by Gasteiger charge is -2.26. The molecule has 0 bridgehead atoms. The molecule has 0 aromatic heterocycles. The summed E-state index contributed by atoms with van der Waals surface area (Å²) in [7, 11) is 0. The summed E-state index contributed by atoms with van der Waals surface area (Å²) in [4.78, 5) is 0. The number of allylic oxidation sites excluding steroid dienone is 1. The van der Waals surface area contributed by atoms with Crippen LogP contribution in [0.3, 0.4) is 0 Å². The van der Waals surface area contributed by atoms with Gasteiger partial charge in [-0.2, -0.15) is 0 Å². The largest absolute Gasteiger partial charge is 0.392 e. The summed E-state index contributed by atoms with van der Waals surface area (Å²) in [6, 6.07) is 34.5. The van der Waals surface area contributed by atoms with E-state index >= 15 is 0 Å². The zero-order valence-electron chi connectivity index (χ0n) is 44.3. The van der Waals surface area contributed by atoms with Gasteiger partial charge in [-0.05, 0) is 110 Å². The summed E-state index contributed by atoms with van der Waals surface area (Å²) in [5.41, 5.74) is 6.64. The van der Waals surface area contributed by atoms with Gasteiger partial charge in [0.05, 0.1) is 19.3 Å². The Morgan fingerprint density at radius 2 is 1.01 bits per heavy atom. The first-order valence-electron chi connectivity index (χ1n) is 26.7. The van der Waals surface area contributed by atoms with Gasteiger partial charge in [-0.25, -0.2) is 0 Å². The van der Waals surface area contributed by atoms with Gasteiger partial charge < -0.3 is 41.7 Å². The molecule has 7 N–H and O–H groups in total. The molecule has 8 heteroatoms. The number of para-hydroxylation sites is 1. The van der Waals surface area contributed by atoms with Gasteiger partial charge in [-0.15, -0.1) is 0 Å². The molecule has 0 radical (unpaired) electrons. The van der Waals surface area contributed by atoms with Crippen molar-refractivity contribution in [2.24, 2.45) is 35.5 Å². The van der Waals surface area contributed by atoms with Gasteiger partial charge in [0.25, 0.3) is 0 Å². The second-order valence-corrected chi connectivity index (χ2v) is 22.0. The van der Waals surface area contributed by atoms with Gasteiger partial charge in [-0.1, -0.05) is 169 Å². The summed E-state index contributed by atoms with van der Waals surface area (Å²) in [5.74, 6) is 4.79. The van der Waals surface area contributed by atoms with Crippen molar-refractivity contribution in [3.63, 3.8) is 0 Å². The van der Waals surface area contributed by atoms with Crippen molar-refractivity contribution in [1.82, 2.24) is 26.6 Å². The first-order chi connectivity index (χ1) is 32.0. The second kappa shape index (κ2) is 29.8. The van der Waals surface area contributed by atoms with Crippen LogP contribution in [0.4, 0.5) is 5.69 Å². The molecule has 0 saturated carbocycles. The third-order valence-corrected chi connectivity index (χ3v) is 14.6. The van der Waals surface area contributed by atoms with E-state index in [1.807, 2.05) is 0 Å². The summed E-state index contributed by atoms with van der Waals surface area (Å²) in [5, 5.41) is 29.9. The molecule has 9 atom stereocenters. The Bertz CT molecular complexity index is 1680. The zero-order valence-corrected chi connectivity index (χ0v) is 44.3. The lowest BCUT2D eigenvalue weighted by molar-refractivity contribution is 0.0623. The summed E-state index contributed by atoms with van der Waals surface area (Å²) in [6.07, 6.45) is 8.80. The van der Waals surface area contributed by atoms with E-state index in [0.717, 1.165) is 62.2 Å². The maximum absolute atomic E-state index is 9.09. The van der Waals surface area contributed by atoms with E-state index in [4.69, 9.17) is 9.84 Å². The van der Waals surface area contributed by atoms with Gasteiger partial charge in [0, 0.05) is 72.7 Å². The van der Waals surface area contributed by atoms with Crippen LogP contribution in [0.5, 0.6) is 0 Å². The number of hydrogen-bond acceptors (Lipinski definition) is 8. The highest BCUT2D eigenvalue weighted by Crippen LogP contribution is 2.41. The maximum atomic E-state index is 9.09. The fourth-order valence-electron chi connectivity index (χ4n) is 10.1. The van der Waals surface area contributed by atoms with Gasteiger partial charge >= 0.3 is 0 Å². The normalized spacial score (nSPS) is 27.5. The molecule has 376 valence electrons. The molecule has 3 aromatic rings. The van der Waals surface area contributed by atoms with E-state index in [1.165, 1.54) is 67.4 Å². The number of nitrogens with one attached hydrogen (secondary N) is 6. The van der Waals surface area contributed by atoms with Gasteiger partial charge in [0.1, 0.15) is 0 Å². The molecule has 6 aliphatic rings. The Labute approximate surface area is 410 Å². The van der Waals surface area contributed by atoms with Gasteiger partial charge in [0.15, 0.2) is 0 Å². The van der Waals surface area contributed by atoms with E-state index in [2.05, 4.69) is 206 Å². The second-order valence-electron chi connectivity index (χ2n) is 22.0. The molecule has 5 fully saturated rings. The Morgan fingerprint density at radius 1 is 0.522 bits per heavy atom. The number of hydrogen-bond donors (Lipinski definition) is 7. The minimum atomic E-state index is -0.0996. The van der Waals surface area contributed by atoms with Crippen molar-refractivity contribution in [3.8, 4) is 0 Å². The number of benzene rings is 3. The Balaban J connectivity index is 0.000000178. The Hall–Kier alpha value is -3.08. The van der Waals surface area contributed by atoms with Crippen molar-refractivity contribution in [3.05, 3.63) is 114 Å². The topological polar surface area (TPSA) is 102 Å². The molecule has 1 unspecified atom stereocenters. The van der Waals surface area contributed by atoms with Crippen LogP contribution < -0.4 is 31.9 Å². The number of aliphatic hydroxyl groups is 1. The van der Waals surface area contributed by atoms with Crippen LogP contribution in [0.1, 0.15) is 163 Å². The highest BCUT2D eigenvalue weighted by Gasteiger charge is 2.29. The van der Waals surface area contributed by atoms with Crippen molar-refractivity contribution in [1.29, 1.82) is 0 Å². The fraction of sp³-hybridized carbons (Fsp3) is 0.661. The molecule has 6 aliphatic heterocycles. The number of fused-ring (bicyclic) bond motifs is 1. The van der Waals surface area contributed by atoms with E-state index < -0.39 is 0 Å². The third-order valence-electron chi connectivity index (χ3n) is 14.6. The Morgan fingerprint density at radius 3 is 1.37 bits per heavy atom. The van der Waals surface area contributed by atoms with Crippen LogP contribution in [-0.2, 0) is 4.74 Å². The first-order valence-corrected chi connectivity index (χ1v) is 26.7. The standard InChI is InChI=1S/2C13H19N.C12H15N.2C7H15NO.C7H15N/c2*1-10(2)12-8-9-13(14-12)11-6-4-3-5-7-11;1-8(2)12-9(3)13-11-7-5-4-6-10(11)12;1-5(2)7-3-6(9)4-8-7;1-6(2)7-5-9-4-3-8-7;1-6(2)7-4-3-5-8-7/h2*3-7,10,12-14H,8-9H2,1-2H3;4-8,12-13H,3H2,1-2H3;5-9H,3-4H2,1-2H3;6-8H,3-5H2,1-2H3;6-8H,3-5H2,1-2H3/t2*12-,13+;;6-,7+;2*7-/m10.110/s1. The average Bonchev–Trinajstić information content (AvgIpc) is 4.19. The molecule has 5 saturated heterocycles. The number of ether oxygens (including phenoxy) is 1. The van der Waals surface area contributed by atoms with E-state index in [1.54, 1.807) is 0 Å². The van der Waals surface area contributed by atoms with Crippen molar-refractivity contribution >= 4 is 5.69 Å². The number of morpholine rings is 1. The molecule has 3 aromatic carbocycles. The smallest absolute Gasteiger partial charge is 0.0679 e. The van der Waals surface area contributed by atoms with Crippen molar-refractivity contribution < 1.29 is 9.84 Å². The van der Waals surface area contributed by atoms with Gasteiger partial charge in [0.2, 0.25) is 0 Å². The average molecular weight is 923 g/mol. The van der Waals surface area contributed by atoms with Crippen LogP contribution >= 0.6 is 0 Å². The third kappa shape index (κ3) is 19.3. The van der Waals surface area contributed by atoms with E-state index in [9.17, 15) is 0 Å². The molecule has 0 amide bonds. The summed E-state index contributed by atoms with van der Waals surface area (Å²) < 4.78 is 5.28. The predicted octanol–water partition coefficient (Wildman–Crippen LogP) is 12.0. The van der Waals surface area contributed by atoms with Crippen LogP contribution in [0, 0.1) is 35.5 Å². The number of anilines is 1. The molecule has 9 rings (SSSR count). The quantitative estimate of drug-likeness (QED) is 0.120. The molecular formula is C59H98N6O2. The highest BCUT2D eigenvalue weighted by atomic mass is 16.5. The Kier molecular flexibility index (Phi) is 25.2.